The fourth-order valence-electron chi connectivity index (χ4n) is 2.95. The van der Waals surface area contributed by atoms with Crippen LogP contribution in [0.2, 0.25) is 0 Å². The summed E-state index contributed by atoms with van der Waals surface area (Å²) in [4.78, 5) is 28.9. The van der Waals surface area contributed by atoms with E-state index in [1.54, 1.807) is 0 Å². The van der Waals surface area contributed by atoms with E-state index in [1.165, 1.54) is 0 Å². The zero-order valence-electron chi connectivity index (χ0n) is 11.8. The fourth-order valence-corrected chi connectivity index (χ4v) is 2.95. The molecule has 116 valence electrons. The molecule has 0 unspecified atom stereocenters. The van der Waals surface area contributed by atoms with E-state index in [0.717, 1.165) is 16.5 Å². The molecular formula is C16H12N2O5. The van der Waals surface area contributed by atoms with Gasteiger partial charge in [-0.25, -0.2) is 4.79 Å². The smallest absolute Gasteiger partial charge is 0.345 e. The van der Waals surface area contributed by atoms with Gasteiger partial charge in [0.15, 0.2) is 17.1 Å². The van der Waals surface area contributed by atoms with Gasteiger partial charge in [-0.3, -0.25) is 4.79 Å². The largest absolute Gasteiger partial charge is 0.503 e. The molecule has 0 bridgehead atoms. The van der Waals surface area contributed by atoms with Crippen molar-refractivity contribution in [2.75, 3.05) is 6.61 Å². The Morgan fingerprint density at radius 1 is 1.30 bits per heavy atom. The lowest BCUT2D eigenvalue weighted by atomic mass is 9.99. The van der Waals surface area contributed by atoms with Crippen LogP contribution in [0.3, 0.4) is 0 Å². The average Bonchev–Trinajstić information content (AvgIpc) is 2.87. The number of carboxylic acids is 1. The Balaban J connectivity index is 2.08. The number of H-pyrrole nitrogens is 2. The Hall–Kier alpha value is -3.22. The fraction of sp³-hybridized carbons (Fsp3) is 0.125. The van der Waals surface area contributed by atoms with Crippen LogP contribution in [-0.2, 0) is 6.42 Å². The van der Waals surface area contributed by atoms with Crippen LogP contribution in [0.1, 0.15) is 15.9 Å². The van der Waals surface area contributed by atoms with Crippen LogP contribution in [0.5, 0.6) is 11.5 Å². The number of carbonyl (C=O) groups is 1. The van der Waals surface area contributed by atoms with Gasteiger partial charge in [0.2, 0.25) is 0 Å². The lowest BCUT2D eigenvalue weighted by molar-refractivity contribution is 0.0690. The molecule has 1 aromatic carbocycles. The maximum Gasteiger partial charge on any atom is 0.345 e. The van der Waals surface area contributed by atoms with Crippen molar-refractivity contribution in [2.24, 2.45) is 0 Å². The molecule has 7 nitrogen and oxygen atoms in total. The number of aromatic amines is 2. The summed E-state index contributed by atoms with van der Waals surface area (Å²) in [5.41, 5.74) is 1.34. The van der Waals surface area contributed by atoms with Gasteiger partial charge in [-0.05, 0) is 23.8 Å². The van der Waals surface area contributed by atoms with Crippen molar-refractivity contribution in [3.8, 4) is 22.8 Å². The number of aromatic carboxylic acids is 1. The Morgan fingerprint density at radius 3 is 2.91 bits per heavy atom. The monoisotopic (exact) mass is 312 g/mol. The summed E-state index contributed by atoms with van der Waals surface area (Å²) in [6.45, 7) is 0.269. The van der Waals surface area contributed by atoms with Gasteiger partial charge in [-0.1, -0.05) is 0 Å². The SMILES string of the molecule is O=C(O)c1c(O)c2c([nH]c1=O)-c1cc3cc[nH]c3cc1CCO2. The molecule has 4 rings (SSSR count). The molecule has 2 aromatic heterocycles. The Bertz CT molecular complexity index is 1020. The van der Waals surface area contributed by atoms with Crippen molar-refractivity contribution < 1.29 is 19.7 Å². The zero-order chi connectivity index (χ0) is 16.1. The number of ether oxygens (including phenoxy) is 1. The van der Waals surface area contributed by atoms with Crippen molar-refractivity contribution in [3.63, 3.8) is 0 Å². The van der Waals surface area contributed by atoms with E-state index >= 15 is 0 Å². The molecule has 1 aliphatic heterocycles. The lowest BCUT2D eigenvalue weighted by Crippen LogP contribution is -2.19. The molecule has 0 radical (unpaired) electrons. The minimum atomic E-state index is -1.50. The molecule has 1 aliphatic rings. The third-order valence-corrected chi connectivity index (χ3v) is 4.02. The summed E-state index contributed by atoms with van der Waals surface area (Å²) in [5, 5.41) is 20.2. The highest BCUT2D eigenvalue weighted by Crippen LogP contribution is 2.41. The molecule has 0 spiro atoms. The van der Waals surface area contributed by atoms with Crippen LogP contribution in [0.4, 0.5) is 0 Å². The van der Waals surface area contributed by atoms with Gasteiger partial charge in [0, 0.05) is 29.1 Å². The first-order chi connectivity index (χ1) is 11.1. The van der Waals surface area contributed by atoms with Gasteiger partial charge < -0.3 is 24.9 Å². The van der Waals surface area contributed by atoms with Crippen molar-refractivity contribution in [1.29, 1.82) is 0 Å². The predicted octanol–water partition coefficient (Wildman–Crippen LogP) is 1.86. The summed E-state index contributed by atoms with van der Waals surface area (Å²) in [5.74, 6) is -2.14. The highest BCUT2D eigenvalue weighted by Gasteiger charge is 2.27. The maximum absolute atomic E-state index is 12.0. The average molecular weight is 312 g/mol. The maximum atomic E-state index is 12.0. The Kier molecular flexibility index (Phi) is 2.71. The zero-order valence-corrected chi connectivity index (χ0v) is 11.8. The number of aromatic nitrogens is 2. The summed E-state index contributed by atoms with van der Waals surface area (Å²) in [6, 6.07) is 5.73. The molecule has 4 N–H and O–H groups in total. The first-order valence-corrected chi connectivity index (χ1v) is 7.02. The van der Waals surface area contributed by atoms with Crippen LogP contribution in [0, 0.1) is 0 Å². The van der Waals surface area contributed by atoms with E-state index < -0.39 is 22.8 Å². The number of fused-ring (bicyclic) bond motifs is 4. The van der Waals surface area contributed by atoms with Crippen LogP contribution in [-0.4, -0.2) is 32.8 Å². The minimum absolute atomic E-state index is 0.00404. The molecular weight excluding hydrogens is 300 g/mol. The lowest BCUT2D eigenvalue weighted by Gasteiger charge is -2.11. The first-order valence-electron chi connectivity index (χ1n) is 7.02. The number of hydrogen-bond acceptors (Lipinski definition) is 4. The molecule has 0 atom stereocenters. The van der Waals surface area contributed by atoms with Crippen LogP contribution < -0.4 is 10.3 Å². The number of benzene rings is 1. The molecule has 0 saturated carbocycles. The Morgan fingerprint density at radius 2 is 2.13 bits per heavy atom. The third kappa shape index (κ3) is 1.90. The van der Waals surface area contributed by atoms with Crippen molar-refractivity contribution in [3.05, 3.63) is 45.9 Å². The molecule has 23 heavy (non-hydrogen) atoms. The molecule has 0 amide bonds. The summed E-state index contributed by atoms with van der Waals surface area (Å²) >= 11 is 0. The number of hydrogen-bond donors (Lipinski definition) is 4. The van der Waals surface area contributed by atoms with E-state index in [1.807, 2.05) is 24.4 Å². The highest BCUT2D eigenvalue weighted by atomic mass is 16.5. The minimum Gasteiger partial charge on any atom is -0.503 e. The molecule has 3 aromatic rings. The Labute approximate surface area is 129 Å². The van der Waals surface area contributed by atoms with Crippen LogP contribution >= 0.6 is 0 Å². The number of rotatable bonds is 1. The van der Waals surface area contributed by atoms with Gasteiger partial charge in [-0.2, -0.15) is 0 Å². The number of pyridine rings is 1. The van der Waals surface area contributed by atoms with Crippen molar-refractivity contribution >= 4 is 16.9 Å². The standard InChI is InChI=1S/C16H12N2O5/c19-13-11(16(21)22)15(20)18-12-9-5-8-1-3-17-10(8)6-7(9)2-4-23-14(12)13/h1,3,5-6,17H,2,4H2,(H,21,22)(H2,18,19,20). The van der Waals surface area contributed by atoms with Crippen LogP contribution in [0.25, 0.3) is 22.2 Å². The van der Waals surface area contributed by atoms with Gasteiger partial charge in [0.1, 0.15) is 0 Å². The summed E-state index contributed by atoms with van der Waals surface area (Å²) in [6.07, 6.45) is 2.39. The van der Waals surface area contributed by atoms with Gasteiger partial charge in [0.05, 0.1) is 12.3 Å². The number of aromatic hydroxyl groups is 1. The van der Waals surface area contributed by atoms with Gasteiger partial charge in [-0.15, -0.1) is 0 Å². The second kappa shape index (κ2) is 4.64. The third-order valence-electron chi connectivity index (χ3n) is 4.02. The van der Waals surface area contributed by atoms with Crippen molar-refractivity contribution in [2.45, 2.75) is 6.42 Å². The van der Waals surface area contributed by atoms with E-state index in [0.29, 0.717) is 17.7 Å². The van der Waals surface area contributed by atoms with E-state index in [-0.39, 0.29) is 12.4 Å². The topological polar surface area (TPSA) is 115 Å². The van der Waals surface area contributed by atoms with E-state index in [4.69, 9.17) is 9.84 Å². The summed E-state index contributed by atoms with van der Waals surface area (Å²) < 4.78 is 5.52. The number of nitrogens with one attached hydrogen (secondary N) is 2. The van der Waals surface area contributed by atoms with E-state index in [2.05, 4.69) is 9.97 Å². The second-order valence-electron chi connectivity index (χ2n) is 5.36. The first kappa shape index (κ1) is 13.4. The van der Waals surface area contributed by atoms with Crippen molar-refractivity contribution in [1.82, 2.24) is 9.97 Å². The molecule has 0 saturated heterocycles. The molecule has 0 aliphatic carbocycles. The highest BCUT2D eigenvalue weighted by molar-refractivity contribution is 5.94. The number of carboxylic acid groups (broad SMARTS) is 1. The molecule has 7 heteroatoms. The predicted molar refractivity (Wildman–Crippen MR) is 82.2 cm³/mol. The summed E-state index contributed by atoms with van der Waals surface area (Å²) in [7, 11) is 0. The van der Waals surface area contributed by atoms with E-state index in [9.17, 15) is 14.7 Å². The normalized spacial score (nSPS) is 13.0. The van der Waals surface area contributed by atoms with Gasteiger partial charge in [0.25, 0.3) is 5.56 Å². The molecule has 0 fully saturated rings. The van der Waals surface area contributed by atoms with Gasteiger partial charge >= 0.3 is 5.97 Å². The second-order valence-corrected chi connectivity index (χ2v) is 5.36. The van der Waals surface area contributed by atoms with Crippen LogP contribution in [0.15, 0.2) is 29.2 Å². The molecule has 3 heterocycles. The quantitative estimate of drug-likeness (QED) is 0.547.